The molecule has 0 radical (unpaired) electrons. The molecule has 0 spiro atoms. The maximum absolute atomic E-state index is 11.9. The largest absolute Gasteiger partial charge is 0.446 e. The van der Waals surface area contributed by atoms with E-state index in [0.29, 0.717) is 5.69 Å². The Labute approximate surface area is 82.3 Å². The fraction of sp³-hybridized carbons (Fsp3) is 0.286. The summed E-state index contributed by atoms with van der Waals surface area (Å²) in [5.41, 5.74) is -3.72. The maximum Gasteiger partial charge on any atom is 0.446 e. The van der Waals surface area contributed by atoms with E-state index >= 15 is 0 Å². The van der Waals surface area contributed by atoms with E-state index < -0.39 is 5.51 Å². The Morgan fingerprint density at radius 1 is 1.46 bits per heavy atom. The van der Waals surface area contributed by atoms with Gasteiger partial charge in [0.1, 0.15) is 0 Å². The van der Waals surface area contributed by atoms with Gasteiger partial charge in [-0.05, 0) is 24.8 Å². The summed E-state index contributed by atoms with van der Waals surface area (Å²) in [4.78, 5) is 3.65. The van der Waals surface area contributed by atoms with Gasteiger partial charge in [-0.3, -0.25) is 4.98 Å². The lowest BCUT2D eigenvalue weighted by atomic mass is 10.4. The molecule has 0 aromatic carbocycles. The summed E-state index contributed by atoms with van der Waals surface area (Å²) in [6.07, 6.45) is 1.12. The van der Waals surface area contributed by atoms with Crippen molar-refractivity contribution in [1.29, 1.82) is 0 Å². The van der Waals surface area contributed by atoms with Gasteiger partial charge >= 0.3 is 5.51 Å². The van der Waals surface area contributed by atoms with Crippen molar-refractivity contribution in [2.24, 2.45) is 0 Å². The maximum atomic E-state index is 11.9. The number of aryl methyl sites for hydroxylation is 1. The number of halogens is 4. The molecule has 1 aromatic heterocycles. The van der Waals surface area contributed by atoms with Crippen LogP contribution < -0.4 is 0 Å². The fourth-order valence-electron chi connectivity index (χ4n) is 0.714. The van der Waals surface area contributed by atoms with Crippen LogP contribution in [0.3, 0.4) is 0 Å². The van der Waals surface area contributed by atoms with Gasteiger partial charge in [-0.25, -0.2) is 0 Å². The Morgan fingerprint density at radius 2 is 2.08 bits per heavy atom. The molecular weight excluding hydrogens is 223 g/mol. The Kier molecular flexibility index (Phi) is 3.08. The molecule has 1 heterocycles. The van der Waals surface area contributed by atoms with Crippen molar-refractivity contribution in [3.63, 3.8) is 0 Å². The van der Waals surface area contributed by atoms with Gasteiger partial charge < -0.3 is 0 Å². The van der Waals surface area contributed by atoms with Gasteiger partial charge in [-0.15, -0.1) is 0 Å². The third-order valence-electron chi connectivity index (χ3n) is 1.18. The Balaban J connectivity index is 2.90. The highest BCUT2D eigenvalue weighted by atomic mass is 35.5. The minimum absolute atomic E-state index is 0.0697. The molecule has 13 heavy (non-hydrogen) atoms. The minimum atomic E-state index is -4.32. The van der Waals surface area contributed by atoms with Crippen molar-refractivity contribution >= 4 is 23.4 Å². The third-order valence-corrected chi connectivity index (χ3v) is 2.38. The zero-order chi connectivity index (χ0) is 10.1. The van der Waals surface area contributed by atoms with Crippen LogP contribution in [-0.4, -0.2) is 10.5 Å². The smallest absolute Gasteiger partial charge is 0.260 e. The second-order valence-corrected chi connectivity index (χ2v) is 3.82. The quantitative estimate of drug-likeness (QED) is 0.679. The second-order valence-electron chi connectivity index (χ2n) is 2.30. The number of pyridine rings is 1. The number of alkyl halides is 3. The van der Waals surface area contributed by atoms with Crippen LogP contribution >= 0.6 is 23.4 Å². The molecule has 1 rings (SSSR count). The lowest BCUT2D eigenvalue weighted by Crippen LogP contribution is -1.99. The van der Waals surface area contributed by atoms with Crippen LogP contribution in [0, 0.1) is 6.92 Å². The number of rotatable bonds is 1. The van der Waals surface area contributed by atoms with Crippen LogP contribution in [0.1, 0.15) is 5.69 Å². The number of thioether (sulfide) groups is 1. The van der Waals surface area contributed by atoms with Crippen LogP contribution in [0.15, 0.2) is 17.2 Å². The van der Waals surface area contributed by atoms with Gasteiger partial charge in [-0.1, -0.05) is 11.6 Å². The van der Waals surface area contributed by atoms with Crippen LogP contribution in [-0.2, 0) is 0 Å². The molecule has 0 amide bonds. The van der Waals surface area contributed by atoms with Gasteiger partial charge in [-0.2, -0.15) is 13.2 Å². The van der Waals surface area contributed by atoms with Crippen molar-refractivity contribution in [3.05, 3.63) is 23.0 Å². The van der Waals surface area contributed by atoms with Crippen LogP contribution in [0.25, 0.3) is 0 Å². The summed E-state index contributed by atoms with van der Waals surface area (Å²) < 4.78 is 35.7. The van der Waals surface area contributed by atoms with Crippen LogP contribution in [0.4, 0.5) is 13.2 Å². The highest BCUT2D eigenvalue weighted by molar-refractivity contribution is 8.00. The topological polar surface area (TPSA) is 12.9 Å². The molecule has 1 nitrogen and oxygen atoms in total. The zero-order valence-electron chi connectivity index (χ0n) is 6.52. The summed E-state index contributed by atoms with van der Waals surface area (Å²) in [6.45, 7) is 1.66. The van der Waals surface area contributed by atoms with E-state index in [2.05, 4.69) is 4.98 Å². The van der Waals surface area contributed by atoms with Gasteiger partial charge in [0, 0.05) is 11.9 Å². The SMILES string of the molecule is Cc1cc(Cl)c(SC(F)(F)F)cn1. The van der Waals surface area contributed by atoms with Gasteiger partial charge in [0.2, 0.25) is 0 Å². The third kappa shape index (κ3) is 3.44. The molecule has 0 saturated carbocycles. The fourth-order valence-corrected chi connectivity index (χ4v) is 1.55. The molecule has 6 heteroatoms. The Bertz CT molecular complexity index is 313. The van der Waals surface area contributed by atoms with Crippen molar-refractivity contribution < 1.29 is 13.2 Å². The second kappa shape index (κ2) is 3.75. The van der Waals surface area contributed by atoms with Gasteiger partial charge in [0.05, 0.1) is 9.92 Å². The van der Waals surface area contributed by atoms with Crippen molar-refractivity contribution in [2.75, 3.05) is 0 Å². The standard InChI is InChI=1S/C7H5ClF3NS/c1-4-2-5(8)6(3-12-4)13-7(9,10)11/h2-3H,1H3. The predicted molar refractivity (Wildman–Crippen MR) is 45.9 cm³/mol. The van der Waals surface area contributed by atoms with E-state index in [1.807, 2.05) is 0 Å². The molecule has 0 unspecified atom stereocenters. The molecule has 1 aromatic rings. The van der Waals surface area contributed by atoms with Crippen LogP contribution in [0.5, 0.6) is 0 Å². The Hall–Kier alpha value is -0.420. The summed E-state index contributed by atoms with van der Waals surface area (Å²) in [5, 5.41) is 0.0785. The average Bonchev–Trinajstić information content (AvgIpc) is 1.93. The first-order valence-corrected chi connectivity index (χ1v) is 4.46. The number of nitrogens with zero attached hydrogens (tertiary/aromatic N) is 1. The first-order valence-electron chi connectivity index (χ1n) is 3.26. The van der Waals surface area contributed by atoms with Crippen molar-refractivity contribution in [2.45, 2.75) is 17.3 Å². The van der Waals surface area contributed by atoms with Crippen molar-refractivity contribution in [1.82, 2.24) is 4.98 Å². The highest BCUT2D eigenvalue weighted by Crippen LogP contribution is 2.39. The molecule has 0 atom stereocenters. The predicted octanol–water partition coefficient (Wildman–Crippen LogP) is 3.66. The van der Waals surface area contributed by atoms with E-state index in [1.165, 1.54) is 6.07 Å². The van der Waals surface area contributed by atoms with Crippen molar-refractivity contribution in [3.8, 4) is 0 Å². The van der Waals surface area contributed by atoms with Gasteiger partial charge in [0.25, 0.3) is 0 Å². The minimum Gasteiger partial charge on any atom is -0.260 e. The number of aromatic nitrogens is 1. The highest BCUT2D eigenvalue weighted by Gasteiger charge is 2.30. The summed E-state index contributed by atoms with van der Waals surface area (Å²) in [6, 6.07) is 1.40. The molecule has 0 saturated heterocycles. The van der Waals surface area contributed by atoms with E-state index in [9.17, 15) is 13.2 Å². The lowest BCUT2D eigenvalue weighted by molar-refractivity contribution is -0.0328. The molecular formula is C7H5ClF3NS. The monoisotopic (exact) mass is 227 g/mol. The van der Waals surface area contributed by atoms with Crippen LogP contribution in [0.2, 0.25) is 5.02 Å². The Morgan fingerprint density at radius 3 is 2.54 bits per heavy atom. The average molecular weight is 228 g/mol. The molecule has 0 N–H and O–H groups in total. The first-order chi connectivity index (χ1) is 5.88. The van der Waals surface area contributed by atoms with E-state index in [4.69, 9.17) is 11.6 Å². The molecule has 0 aliphatic rings. The van der Waals surface area contributed by atoms with E-state index in [1.54, 1.807) is 6.92 Å². The molecule has 0 aliphatic heterocycles. The zero-order valence-corrected chi connectivity index (χ0v) is 8.09. The lowest BCUT2D eigenvalue weighted by Gasteiger charge is -2.06. The molecule has 0 fully saturated rings. The van der Waals surface area contributed by atoms with E-state index in [0.717, 1.165) is 6.20 Å². The van der Waals surface area contributed by atoms with Gasteiger partial charge in [0.15, 0.2) is 0 Å². The first kappa shape index (κ1) is 10.7. The number of hydrogen-bond acceptors (Lipinski definition) is 2. The molecule has 0 bridgehead atoms. The van der Waals surface area contributed by atoms with E-state index in [-0.39, 0.29) is 21.7 Å². The summed E-state index contributed by atoms with van der Waals surface area (Å²) in [5.74, 6) is 0. The molecule has 0 aliphatic carbocycles. The normalized spacial score (nSPS) is 11.8. The summed E-state index contributed by atoms with van der Waals surface area (Å²) in [7, 11) is 0. The number of hydrogen-bond donors (Lipinski definition) is 0. The molecule has 72 valence electrons. The summed E-state index contributed by atoms with van der Waals surface area (Å²) >= 11 is 5.32.